The van der Waals surface area contributed by atoms with Crippen molar-refractivity contribution >= 4 is 33.4 Å². The van der Waals surface area contributed by atoms with E-state index < -0.39 is 12.0 Å². The number of amides is 1. The van der Waals surface area contributed by atoms with E-state index in [1.807, 2.05) is 91.0 Å². The standard InChI is InChI=1S/C31H25NO3/c1-35-31(34)28(19-21-15-17-23(18-16-21)22-9-3-2-4-10-22)32-30(33)29-26-13-7-5-11-24(26)20-25-12-6-8-14-27(25)29/h2-18,20,28H,19H2,1H3,(H,32,33)/t28-/m1/s1. The van der Waals surface area contributed by atoms with Gasteiger partial charge >= 0.3 is 5.97 Å². The largest absolute Gasteiger partial charge is 0.467 e. The topological polar surface area (TPSA) is 55.4 Å². The molecule has 0 unspecified atom stereocenters. The Morgan fingerprint density at radius 3 is 1.86 bits per heavy atom. The normalized spacial score (nSPS) is 11.8. The Morgan fingerprint density at radius 2 is 1.26 bits per heavy atom. The second-order valence-electron chi connectivity index (χ2n) is 8.51. The molecule has 0 radical (unpaired) electrons. The molecule has 0 fully saturated rings. The van der Waals surface area contributed by atoms with Crippen LogP contribution in [0.15, 0.2) is 109 Å². The van der Waals surface area contributed by atoms with Crippen molar-refractivity contribution < 1.29 is 14.3 Å². The highest BCUT2D eigenvalue weighted by Crippen LogP contribution is 2.28. The third-order valence-electron chi connectivity index (χ3n) is 6.29. The smallest absolute Gasteiger partial charge is 0.328 e. The van der Waals surface area contributed by atoms with Crippen molar-refractivity contribution in [2.24, 2.45) is 0 Å². The van der Waals surface area contributed by atoms with Gasteiger partial charge in [-0.15, -0.1) is 0 Å². The minimum absolute atomic E-state index is 0.297. The van der Waals surface area contributed by atoms with Crippen LogP contribution in [-0.4, -0.2) is 25.0 Å². The van der Waals surface area contributed by atoms with Crippen molar-refractivity contribution in [2.75, 3.05) is 7.11 Å². The summed E-state index contributed by atoms with van der Waals surface area (Å²) in [5.74, 6) is -0.774. The van der Waals surface area contributed by atoms with Gasteiger partial charge in [0.05, 0.1) is 12.7 Å². The number of fused-ring (bicyclic) bond motifs is 2. The number of rotatable bonds is 6. The maximum atomic E-state index is 13.6. The third-order valence-corrected chi connectivity index (χ3v) is 6.29. The van der Waals surface area contributed by atoms with E-state index in [4.69, 9.17) is 4.74 Å². The SMILES string of the molecule is COC(=O)[C@@H](Cc1ccc(-c2ccccc2)cc1)NC(=O)c1c2ccccc2cc2ccccc12. The molecule has 0 aliphatic heterocycles. The summed E-state index contributed by atoms with van der Waals surface area (Å²) in [5, 5.41) is 6.59. The molecule has 4 nitrogen and oxygen atoms in total. The summed E-state index contributed by atoms with van der Waals surface area (Å²) in [6.07, 6.45) is 0.330. The summed E-state index contributed by atoms with van der Waals surface area (Å²) < 4.78 is 5.04. The van der Waals surface area contributed by atoms with Crippen LogP contribution in [0.1, 0.15) is 15.9 Å². The molecule has 5 rings (SSSR count). The van der Waals surface area contributed by atoms with Crippen molar-refractivity contribution in [3.8, 4) is 11.1 Å². The van der Waals surface area contributed by atoms with Crippen molar-refractivity contribution in [2.45, 2.75) is 12.5 Å². The Morgan fingerprint density at radius 1 is 0.714 bits per heavy atom. The highest BCUT2D eigenvalue weighted by Gasteiger charge is 2.24. The first-order chi connectivity index (χ1) is 17.1. The Labute approximate surface area is 204 Å². The van der Waals surface area contributed by atoms with Gasteiger partial charge in [0, 0.05) is 6.42 Å². The summed E-state index contributed by atoms with van der Waals surface area (Å²) in [5.41, 5.74) is 3.71. The molecule has 35 heavy (non-hydrogen) atoms. The first-order valence-electron chi connectivity index (χ1n) is 11.6. The molecule has 172 valence electrons. The summed E-state index contributed by atoms with van der Waals surface area (Å²) in [6, 6.07) is 35.0. The summed E-state index contributed by atoms with van der Waals surface area (Å²) in [7, 11) is 1.34. The van der Waals surface area contributed by atoms with Gasteiger partial charge in [-0.1, -0.05) is 103 Å². The lowest BCUT2D eigenvalue weighted by molar-refractivity contribution is -0.142. The molecule has 5 aromatic carbocycles. The van der Waals surface area contributed by atoms with E-state index in [2.05, 4.69) is 23.5 Å². The Kier molecular flexibility index (Phi) is 6.27. The maximum absolute atomic E-state index is 13.6. The van der Waals surface area contributed by atoms with E-state index in [0.717, 1.165) is 38.2 Å². The van der Waals surface area contributed by atoms with E-state index in [1.54, 1.807) is 0 Å². The molecular formula is C31H25NO3. The Hall–Kier alpha value is -4.44. The van der Waals surface area contributed by atoms with Crippen LogP contribution >= 0.6 is 0 Å². The van der Waals surface area contributed by atoms with Crippen LogP contribution in [0.2, 0.25) is 0 Å². The van der Waals surface area contributed by atoms with Crippen molar-refractivity contribution in [3.05, 3.63) is 120 Å². The van der Waals surface area contributed by atoms with E-state index in [1.165, 1.54) is 7.11 Å². The van der Waals surface area contributed by atoms with Crippen LogP contribution in [0.25, 0.3) is 32.7 Å². The molecule has 1 N–H and O–H groups in total. The van der Waals surface area contributed by atoms with E-state index in [9.17, 15) is 9.59 Å². The number of benzene rings is 5. The second-order valence-corrected chi connectivity index (χ2v) is 8.51. The van der Waals surface area contributed by atoms with Crippen LogP contribution in [-0.2, 0) is 16.0 Å². The zero-order valence-corrected chi connectivity index (χ0v) is 19.4. The number of methoxy groups -OCH3 is 1. The van der Waals surface area contributed by atoms with Crippen molar-refractivity contribution in [3.63, 3.8) is 0 Å². The van der Waals surface area contributed by atoms with Gasteiger partial charge in [0.15, 0.2) is 0 Å². The van der Waals surface area contributed by atoms with Crippen molar-refractivity contribution in [1.29, 1.82) is 0 Å². The fraction of sp³-hybridized carbons (Fsp3) is 0.0968. The lowest BCUT2D eigenvalue weighted by Crippen LogP contribution is -2.43. The zero-order valence-electron chi connectivity index (χ0n) is 19.4. The van der Waals surface area contributed by atoms with Gasteiger partial charge in [-0.05, 0) is 44.3 Å². The summed E-state index contributed by atoms with van der Waals surface area (Å²) >= 11 is 0. The molecule has 0 aromatic heterocycles. The molecule has 0 aliphatic rings. The van der Waals surface area contributed by atoms with E-state index in [0.29, 0.717) is 12.0 Å². The number of hydrogen-bond acceptors (Lipinski definition) is 3. The average Bonchev–Trinajstić information content (AvgIpc) is 2.91. The zero-order chi connectivity index (χ0) is 24.2. The van der Waals surface area contributed by atoms with Gasteiger partial charge in [-0.3, -0.25) is 4.79 Å². The Bertz CT molecular complexity index is 1450. The van der Waals surface area contributed by atoms with Crippen LogP contribution in [0.3, 0.4) is 0 Å². The maximum Gasteiger partial charge on any atom is 0.328 e. The molecule has 1 atom stereocenters. The second kappa shape index (κ2) is 9.82. The van der Waals surface area contributed by atoms with Gasteiger partial charge in [-0.25, -0.2) is 4.79 Å². The number of nitrogens with one attached hydrogen (secondary N) is 1. The molecule has 0 saturated carbocycles. The third kappa shape index (κ3) is 4.64. The van der Waals surface area contributed by atoms with Crippen LogP contribution in [0.4, 0.5) is 0 Å². The number of carbonyl (C=O) groups excluding carboxylic acids is 2. The number of ether oxygens (including phenoxy) is 1. The molecule has 0 bridgehead atoms. The van der Waals surface area contributed by atoms with Gasteiger partial charge in [0.2, 0.25) is 0 Å². The van der Waals surface area contributed by atoms with Crippen LogP contribution < -0.4 is 5.32 Å². The van der Waals surface area contributed by atoms with E-state index in [-0.39, 0.29) is 5.91 Å². The Balaban J connectivity index is 1.45. The molecule has 0 heterocycles. The molecule has 0 saturated heterocycles. The predicted molar refractivity (Wildman–Crippen MR) is 140 cm³/mol. The molecular weight excluding hydrogens is 434 g/mol. The summed E-state index contributed by atoms with van der Waals surface area (Å²) in [4.78, 5) is 26.3. The molecule has 0 spiro atoms. The minimum Gasteiger partial charge on any atom is -0.467 e. The highest BCUT2D eigenvalue weighted by molar-refractivity contribution is 6.18. The average molecular weight is 460 g/mol. The number of hydrogen-bond donors (Lipinski definition) is 1. The quantitative estimate of drug-likeness (QED) is 0.244. The van der Waals surface area contributed by atoms with Gasteiger partial charge in [0.25, 0.3) is 5.91 Å². The molecule has 0 aliphatic carbocycles. The molecule has 1 amide bonds. The highest BCUT2D eigenvalue weighted by atomic mass is 16.5. The fourth-order valence-electron chi connectivity index (χ4n) is 4.52. The lowest BCUT2D eigenvalue weighted by Gasteiger charge is -2.19. The monoisotopic (exact) mass is 459 g/mol. The van der Waals surface area contributed by atoms with Gasteiger partial charge in [-0.2, -0.15) is 0 Å². The minimum atomic E-state index is -0.812. The number of carbonyl (C=O) groups is 2. The fourth-order valence-corrected chi connectivity index (χ4v) is 4.52. The first kappa shape index (κ1) is 22.4. The van der Waals surface area contributed by atoms with E-state index >= 15 is 0 Å². The molecule has 4 heteroatoms. The van der Waals surface area contributed by atoms with Crippen LogP contribution in [0.5, 0.6) is 0 Å². The predicted octanol–water partition coefficient (Wildman–Crippen LogP) is 6.17. The van der Waals surface area contributed by atoms with Gasteiger partial charge in [0.1, 0.15) is 6.04 Å². The van der Waals surface area contributed by atoms with Crippen LogP contribution in [0, 0.1) is 0 Å². The number of esters is 1. The molecule has 5 aromatic rings. The van der Waals surface area contributed by atoms with Crippen molar-refractivity contribution in [1.82, 2.24) is 5.32 Å². The first-order valence-corrected chi connectivity index (χ1v) is 11.6. The lowest BCUT2D eigenvalue weighted by atomic mass is 9.95. The summed E-state index contributed by atoms with van der Waals surface area (Å²) in [6.45, 7) is 0. The van der Waals surface area contributed by atoms with Gasteiger partial charge < -0.3 is 10.1 Å².